The van der Waals surface area contributed by atoms with Crippen LogP contribution in [0.5, 0.6) is 0 Å². The van der Waals surface area contributed by atoms with E-state index in [0.29, 0.717) is 11.3 Å². The molecule has 0 bridgehead atoms. The van der Waals surface area contributed by atoms with Gasteiger partial charge in [0.2, 0.25) is 0 Å². The van der Waals surface area contributed by atoms with E-state index >= 15 is 0 Å². The van der Waals surface area contributed by atoms with Gasteiger partial charge in [-0.15, -0.1) is 0 Å². The molecule has 1 heterocycles. The molecular formula is C17H18N2O3. The summed E-state index contributed by atoms with van der Waals surface area (Å²) in [6.45, 7) is 1.37. The Kier molecular flexibility index (Phi) is 4.06. The van der Waals surface area contributed by atoms with Crippen LogP contribution in [0.2, 0.25) is 0 Å². The SMILES string of the molecule is O=[N+]([O-])c1ccc(CO)cc1N1CCc2ccccc2CC1. The maximum atomic E-state index is 11.3. The number of aliphatic hydroxyl groups excluding tert-OH is 1. The zero-order valence-corrected chi connectivity index (χ0v) is 12.2. The van der Waals surface area contributed by atoms with Crippen molar-refractivity contribution in [2.45, 2.75) is 19.4 Å². The molecule has 2 aromatic rings. The number of aliphatic hydroxyl groups is 1. The van der Waals surface area contributed by atoms with Crippen LogP contribution in [0.15, 0.2) is 42.5 Å². The van der Waals surface area contributed by atoms with Crippen LogP contribution < -0.4 is 4.90 Å². The average molecular weight is 298 g/mol. The molecule has 114 valence electrons. The van der Waals surface area contributed by atoms with Crippen molar-refractivity contribution >= 4 is 11.4 Å². The second-order valence-corrected chi connectivity index (χ2v) is 5.49. The van der Waals surface area contributed by atoms with Gasteiger partial charge in [0, 0.05) is 19.2 Å². The molecule has 0 radical (unpaired) electrons. The third kappa shape index (κ3) is 2.80. The van der Waals surface area contributed by atoms with Crippen molar-refractivity contribution in [3.8, 4) is 0 Å². The molecule has 5 nitrogen and oxygen atoms in total. The molecule has 0 unspecified atom stereocenters. The summed E-state index contributed by atoms with van der Waals surface area (Å²) in [5.74, 6) is 0. The molecule has 0 amide bonds. The number of hydrogen-bond acceptors (Lipinski definition) is 4. The summed E-state index contributed by atoms with van der Waals surface area (Å²) in [6, 6.07) is 13.1. The van der Waals surface area contributed by atoms with E-state index in [2.05, 4.69) is 17.0 Å². The van der Waals surface area contributed by atoms with E-state index in [1.54, 1.807) is 12.1 Å². The van der Waals surface area contributed by atoms with Gasteiger partial charge in [-0.2, -0.15) is 0 Å². The number of nitrogens with zero attached hydrogens (tertiary/aromatic N) is 2. The van der Waals surface area contributed by atoms with Crippen molar-refractivity contribution < 1.29 is 10.0 Å². The highest BCUT2D eigenvalue weighted by molar-refractivity contribution is 5.65. The van der Waals surface area contributed by atoms with Gasteiger partial charge >= 0.3 is 0 Å². The first-order chi connectivity index (χ1) is 10.7. The van der Waals surface area contributed by atoms with E-state index in [1.807, 2.05) is 12.1 Å². The molecule has 1 N–H and O–H groups in total. The summed E-state index contributed by atoms with van der Waals surface area (Å²) >= 11 is 0. The maximum absolute atomic E-state index is 11.3. The van der Waals surface area contributed by atoms with Crippen LogP contribution in [-0.4, -0.2) is 23.1 Å². The average Bonchev–Trinajstić information content (AvgIpc) is 2.76. The highest BCUT2D eigenvalue weighted by Crippen LogP contribution is 2.31. The molecule has 0 saturated heterocycles. The molecule has 1 aliphatic rings. The summed E-state index contributed by atoms with van der Waals surface area (Å²) in [7, 11) is 0. The van der Waals surface area contributed by atoms with Crippen molar-refractivity contribution in [3.05, 3.63) is 69.3 Å². The first-order valence-electron chi connectivity index (χ1n) is 7.39. The minimum Gasteiger partial charge on any atom is -0.392 e. The zero-order valence-electron chi connectivity index (χ0n) is 12.2. The smallest absolute Gasteiger partial charge is 0.292 e. The molecule has 0 aromatic heterocycles. The number of hydrogen-bond donors (Lipinski definition) is 1. The second kappa shape index (κ2) is 6.15. The minimum absolute atomic E-state index is 0.100. The van der Waals surface area contributed by atoms with Gasteiger partial charge in [-0.25, -0.2) is 0 Å². The van der Waals surface area contributed by atoms with Crippen LogP contribution in [0.4, 0.5) is 11.4 Å². The summed E-state index contributed by atoms with van der Waals surface area (Å²) in [5, 5.41) is 20.6. The predicted octanol–water partition coefficient (Wildman–Crippen LogP) is 2.69. The van der Waals surface area contributed by atoms with E-state index in [0.717, 1.165) is 25.9 Å². The van der Waals surface area contributed by atoms with Gasteiger partial charge in [0.1, 0.15) is 5.69 Å². The Morgan fingerprint density at radius 2 is 1.73 bits per heavy atom. The fraction of sp³-hybridized carbons (Fsp3) is 0.294. The van der Waals surface area contributed by atoms with E-state index in [9.17, 15) is 15.2 Å². The predicted molar refractivity (Wildman–Crippen MR) is 85.1 cm³/mol. The number of fused-ring (bicyclic) bond motifs is 1. The zero-order chi connectivity index (χ0) is 15.5. The van der Waals surface area contributed by atoms with Gasteiger partial charge in [-0.3, -0.25) is 10.1 Å². The van der Waals surface area contributed by atoms with Crippen LogP contribution in [0.3, 0.4) is 0 Å². The van der Waals surface area contributed by atoms with Crippen LogP contribution in [0, 0.1) is 10.1 Å². The van der Waals surface area contributed by atoms with E-state index in [1.165, 1.54) is 17.2 Å². The number of rotatable bonds is 3. The summed E-state index contributed by atoms with van der Waals surface area (Å²) in [6.07, 6.45) is 1.74. The molecule has 2 aromatic carbocycles. The highest BCUT2D eigenvalue weighted by Gasteiger charge is 2.22. The van der Waals surface area contributed by atoms with Gasteiger partial charge in [-0.05, 0) is 41.7 Å². The first-order valence-corrected chi connectivity index (χ1v) is 7.39. The van der Waals surface area contributed by atoms with Crippen LogP contribution in [0.25, 0.3) is 0 Å². The molecule has 0 fully saturated rings. The van der Waals surface area contributed by atoms with Crippen molar-refractivity contribution in [1.29, 1.82) is 0 Å². The molecule has 1 aliphatic heterocycles. The lowest BCUT2D eigenvalue weighted by molar-refractivity contribution is -0.384. The van der Waals surface area contributed by atoms with Crippen molar-refractivity contribution in [2.24, 2.45) is 0 Å². The number of anilines is 1. The van der Waals surface area contributed by atoms with Crippen molar-refractivity contribution in [1.82, 2.24) is 0 Å². The molecule has 22 heavy (non-hydrogen) atoms. The molecule has 5 heteroatoms. The first kappa shape index (κ1) is 14.5. The van der Waals surface area contributed by atoms with E-state index in [-0.39, 0.29) is 17.2 Å². The number of benzene rings is 2. The van der Waals surface area contributed by atoms with Gasteiger partial charge in [0.25, 0.3) is 5.69 Å². The quantitative estimate of drug-likeness (QED) is 0.699. The van der Waals surface area contributed by atoms with Gasteiger partial charge in [-0.1, -0.05) is 24.3 Å². The van der Waals surface area contributed by atoms with E-state index in [4.69, 9.17) is 0 Å². The Hall–Kier alpha value is -2.40. The fourth-order valence-electron chi connectivity index (χ4n) is 2.98. The third-order valence-corrected chi connectivity index (χ3v) is 4.18. The lowest BCUT2D eigenvalue weighted by Crippen LogP contribution is -2.26. The second-order valence-electron chi connectivity index (χ2n) is 5.49. The van der Waals surface area contributed by atoms with Crippen LogP contribution in [-0.2, 0) is 19.4 Å². The van der Waals surface area contributed by atoms with E-state index < -0.39 is 0 Å². The topological polar surface area (TPSA) is 66.6 Å². The van der Waals surface area contributed by atoms with Crippen molar-refractivity contribution in [3.63, 3.8) is 0 Å². The molecule has 0 aliphatic carbocycles. The van der Waals surface area contributed by atoms with Crippen LogP contribution in [0.1, 0.15) is 16.7 Å². The largest absolute Gasteiger partial charge is 0.392 e. The molecular weight excluding hydrogens is 280 g/mol. The summed E-state index contributed by atoms with van der Waals surface area (Å²) < 4.78 is 0. The Morgan fingerprint density at radius 1 is 1.09 bits per heavy atom. The lowest BCUT2D eigenvalue weighted by atomic mass is 10.0. The molecule has 0 saturated carbocycles. The number of nitro benzene ring substituents is 1. The molecule has 0 spiro atoms. The summed E-state index contributed by atoms with van der Waals surface area (Å²) in [5.41, 5.74) is 4.02. The van der Waals surface area contributed by atoms with Gasteiger partial charge in [0.05, 0.1) is 11.5 Å². The number of nitro groups is 1. The summed E-state index contributed by atoms with van der Waals surface area (Å²) in [4.78, 5) is 13.0. The van der Waals surface area contributed by atoms with Gasteiger partial charge < -0.3 is 10.0 Å². The van der Waals surface area contributed by atoms with Crippen LogP contribution >= 0.6 is 0 Å². The third-order valence-electron chi connectivity index (χ3n) is 4.18. The maximum Gasteiger partial charge on any atom is 0.292 e. The monoisotopic (exact) mass is 298 g/mol. The Bertz CT molecular complexity index is 673. The lowest BCUT2D eigenvalue weighted by Gasteiger charge is -2.22. The molecule has 0 atom stereocenters. The Balaban J connectivity index is 1.93. The van der Waals surface area contributed by atoms with Gasteiger partial charge in [0.15, 0.2) is 0 Å². The fourth-order valence-corrected chi connectivity index (χ4v) is 2.98. The standard InChI is InChI=1S/C17H18N2O3/c20-12-13-5-6-16(19(21)22)17(11-13)18-9-7-14-3-1-2-4-15(14)8-10-18/h1-6,11,20H,7-10,12H2. The van der Waals surface area contributed by atoms with Crippen molar-refractivity contribution in [2.75, 3.05) is 18.0 Å². The Morgan fingerprint density at radius 3 is 2.27 bits per heavy atom. The molecule has 3 rings (SSSR count). The Labute approximate surface area is 129 Å². The minimum atomic E-state index is -0.353. The normalized spacial score (nSPS) is 14.3. The highest BCUT2D eigenvalue weighted by atomic mass is 16.6.